The van der Waals surface area contributed by atoms with Crippen LogP contribution in [0, 0.1) is 5.82 Å². The van der Waals surface area contributed by atoms with Crippen LogP contribution in [0.25, 0.3) is 0 Å². The second kappa shape index (κ2) is 7.82. The largest absolute Gasteiger partial charge is 0.481 e. The van der Waals surface area contributed by atoms with Crippen LogP contribution in [0.3, 0.4) is 0 Å². The van der Waals surface area contributed by atoms with Gasteiger partial charge in [0.2, 0.25) is 5.91 Å². The van der Waals surface area contributed by atoms with Crippen molar-refractivity contribution < 1.29 is 19.1 Å². The highest BCUT2D eigenvalue weighted by atomic mass is 32.1. The molecule has 2 N–H and O–H groups in total. The zero-order valence-electron chi connectivity index (χ0n) is 12.6. The fourth-order valence-electron chi connectivity index (χ4n) is 2.12. The second-order valence-electron chi connectivity index (χ2n) is 5.03. The van der Waals surface area contributed by atoms with Gasteiger partial charge in [-0.05, 0) is 24.1 Å². The summed E-state index contributed by atoms with van der Waals surface area (Å²) in [7, 11) is 0. The smallest absolute Gasteiger partial charge is 0.305 e. The molecular formula is C16H17FN2O3S. The number of aromatic nitrogens is 1. The van der Waals surface area contributed by atoms with E-state index in [1.807, 2.05) is 12.3 Å². The molecule has 0 fully saturated rings. The number of amides is 1. The first-order valence-electron chi connectivity index (χ1n) is 7.17. The number of benzene rings is 1. The van der Waals surface area contributed by atoms with Crippen LogP contribution in [0.1, 0.15) is 35.7 Å². The van der Waals surface area contributed by atoms with E-state index in [-0.39, 0.29) is 18.7 Å². The van der Waals surface area contributed by atoms with Gasteiger partial charge in [-0.15, -0.1) is 11.3 Å². The summed E-state index contributed by atoms with van der Waals surface area (Å²) in [5, 5.41) is 14.5. The van der Waals surface area contributed by atoms with E-state index in [2.05, 4.69) is 10.3 Å². The van der Waals surface area contributed by atoms with Gasteiger partial charge in [0.05, 0.1) is 29.6 Å². The van der Waals surface area contributed by atoms with E-state index in [1.165, 1.54) is 35.6 Å². The molecule has 1 aromatic heterocycles. The molecule has 2 rings (SSSR count). The normalized spacial score (nSPS) is 11.9. The minimum atomic E-state index is -1.04. The Morgan fingerprint density at radius 2 is 2.04 bits per heavy atom. The molecular weight excluding hydrogens is 319 g/mol. The highest BCUT2D eigenvalue weighted by molar-refractivity contribution is 7.09. The van der Waals surface area contributed by atoms with Gasteiger partial charge in [-0.3, -0.25) is 9.59 Å². The molecule has 0 unspecified atom stereocenters. The number of hydrogen-bond acceptors (Lipinski definition) is 4. The van der Waals surface area contributed by atoms with E-state index < -0.39 is 17.8 Å². The van der Waals surface area contributed by atoms with Crippen molar-refractivity contribution in [3.63, 3.8) is 0 Å². The van der Waals surface area contributed by atoms with Crippen molar-refractivity contribution in [1.82, 2.24) is 10.3 Å². The van der Waals surface area contributed by atoms with Gasteiger partial charge in [0.1, 0.15) is 5.82 Å². The van der Waals surface area contributed by atoms with Crippen molar-refractivity contribution in [2.45, 2.75) is 32.2 Å². The van der Waals surface area contributed by atoms with Crippen molar-refractivity contribution in [2.24, 2.45) is 0 Å². The molecule has 0 radical (unpaired) electrons. The maximum atomic E-state index is 13.0. The van der Waals surface area contributed by atoms with Crippen LogP contribution in [0.5, 0.6) is 0 Å². The van der Waals surface area contributed by atoms with Gasteiger partial charge < -0.3 is 10.4 Å². The summed E-state index contributed by atoms with van der Waals surface area (Å²) < 4.78 is 13.0. The number of halogens is 1. The predicted octanol–water partition coefficient (Wildman–Crippen LogP) is 2.72. The number of carboxylic acid groups (broad SMARTS) is 1. The van der Waals surface area contributed by atoms with Crippen LogP contribution in [0.2, 0.25) is 0 Å². The van der Waals surface area contributed by atoms with Crippen LogP contribution < -0.4 is 5.32 Å². The summed E-state index contributed by atoms with van der Waals surface area (Å²) >= 11 is 1.49. The van der Waals surface area contributed by atoms with Gasteiger partial charge in [0.25, 0.3) is 0 Å². The molecule has 0 bridgehead atoms. The monoisotopic (exact) mass is 336 g/mol. The Kier molecular flexibility index (Phi) is 5.81. The first-order chi connectivity index (χ1) is 11.0. The number of carboxylic acids is 1. The Labute approximate surface area is 137 Å². The van der Waals surface area contributed by atoms with E-state index in [1.54, 1.807) is 0 Å². The molecule has 23 heavy (non-hydrogen) atoms. The van der Waals surface area contributed by atoms with Gasteiger partial charge in [0.15, 0.2) is 0 Å². The number of nitrogens with one attached hydrogen (secondary N) is 1. The summed E-state index contributed by atoms with van der Waals surface area (Å²) in [5.41, 5.74) is 1.22. The summed E-state index contributed by atoms with van der Waals surface area (Å²) in [6.45, 7) is 1.99. The fourth-order valence-corrected chi connectivity index (χ4v) is 2.87. The number of thiazole rings is 1. The molecule has 5 nitrogen and oxygen atoms in total. The van der Waals surface area contributed by atoms with Crippen molar-refractivity contribution in [2.75, 3.05) is 0 Å². The van der Waals surface area contributed by atoms with Crippen LogP contribution in [-0.4, -0.2) is 22.0 Å². The van der Waals surface area contributed by atoms with Crippen LogP contribution in [-0.2, 0) is 22.4 Å². The van der Waals surface area contributed by atoms with Crippen LogP contribution in [0.4, 0.5) is 4.39 Å². The number of rotatable bonds is 7. The molecule has 0 aliphatic rings. The lowest BCUT2D eigenvalue weighted by Gasteiger charge is -2.17. The van der Waals surface area contributed by atoms with Gasteiger partial charge in [0, 0.05) is 5.38 Å². The van der Waals surface area contributed by atoms with Crippen molar-refractivity contribution in [3.05, 3.63) is 51.7 Å². The maximum absolute atomic E-state index is 13.0. The van der Waals surface area contributed by atoms with Gasteiger partial charge in [-0.1, -0.05) is 19.1 Å². The molecule has 0 saturated heterocycles. The predicted molar refractivity (Wildman–Crippen MR) is 84.7 cm³/mol. The second-order valence-corrected chi connectivity index (χ2v) is 5.98. The molecule has 1 atom stereocenters. The Morgan fingerprint density at radius 3 is 2.61 bits per heavy atom. The number of aliphatic carboxylic acids is 1. The first kappa shape index (κ1) is 17.1. The summed E-state index contributed by atoms with van der Waals surface area (Å²) in [6, 6.07) is 4.72. The highest BCUT2D eigenvalue weighted by Gasteiger charge is 2.19. The summed E-state index contributed by atoms with van der Waals surface area (Å²) in [5.74, 6) is -1.76. The van der Waals surface area contributed by atoms with Gasteiger partial charge >= 0.3 is 5.97 Å². The average Bonchev–Trinajstić information content (AvgIpc) is 2.94. The third kappa shape index (κ3) is 5.14. The number of hydrogen-bond donors (Lipinski definition) is 2. The molecule has 1 amide bonds. The fraction of sp³-hybridized carbons (Fsp3) is 0.312. The Balaban J connectivity index is 2.05. The lowest BCUT2D eigenvalue weighted by atomic mass is 10.0. The minimum absolute atomic E-state index is 0.0911. The van der Waals surface area contributed by atoms with Gasteiger partial charge in [-0.25, -0.2) is 9.37 Å². The van der Waals surface area contributed by atoms with Crippen molar-refractivity contribution in [3.8, 4) is 0 Å². The number of aryl methyl sites for hydroxylation is 1. The Morgan fingerprint density at radius 1 is 1.35 bits per heavy atom. The zero-order valence-corrected chi connectivity index (χ0v) is 13.4. The SMILES string of the molecule is CCc1nc(CC(=O)N[C@H](CC(=O)O)c2ccc(F)cc2)cs1. The molecule has 2 aromatic rings. The van der Waals surface area contributed by atoms with Gasteiger partial charge in [-0.2, -0.15) is 0 Å². The van der Waals surface area contributed by atoms with Crippen molar-refractivity contribution >= 4 is 23.2 Å². The third-order valence-corrected chi connectivity index (χ3v) is 4.27. The topological polar surface area (TPSA) is 79.3 Å². The third-order valence-electron chi connectivity index (χ3n) is 3.23. The number of carbonyl (C=O) groups excluding carboxylic acids is 1. The van der Waals surface area contributed by atoms with E-state index in [4.69, 9.17) is 5.11 Å². The Bertz CT molecular complexity index is 685. The number of nitrogens with zero attached hydrogens (tertiary/aromatic N) is 1. The van der Waals surface area contributed by atoms with Crippen LogP contribution >= 0.6 is 11.3 Å². The van der Waals surface area contributed by atoms with E-state index >= 15 is 0 Å². The van der Waals surface area contributed by atoms with E-state index in [0.717, 1.165) is 11.4 Å². The quantitative estimate of drug-likeness (QED) is 0.815. The van der Waals surface area contributed by atoms with Crippen LogP contribution in [0.15, 0.2) is 29.6 Å². The maximum Gasteiger partial charge on any atom is 0.305 e. The molecule has 7 heteroatoms. The number of carbonyl (C=O) groups is 2. The highest BCUT2D eigenvalue weighted by Crippen LogP contribution is 2.18. The molecule has 0 aliphatic heterocycles. The molecule has 0 saturated carbocycles. The Hall–Kier alpha value is -2.28. The summed E-state index contributed by atoms with van der Waals surface area (Å²) in [4.78, 5) is 27.4. The standard InChI is InChI=1S/C16H17FN2O3S/c1-2-15-18-12(9-23-15)7-14(20)19-13(8-16(21)22)10-3-5-11(17)6-4-10/h3-6,9,13H,2,7-8H2,1H3,(H,19,20)(H,21,22)/t13-/m1/s1. The lowest BCUT2D eigenvalue weighted by Crippen LogP contribution is -2.31. The first-order valence-corrected chi connectivity index (χ1v) is 8.05. The van der Waals surface area contributed by atoms with E-state index in [9.17, 15) is 14.0 Å². The molecule has 0 aliphatic carbocycles. The molecule has 1 aromatic carbocycles. The molecule has 1 heterocycles. The lowest BCUT2D eigenvalue weighted by molar-refractivity contribution is -0.137. The van der Waals surface area contributed by atoms with Crippen molar-refractivity contribution in [1.29, 1.82) is 0 Å². The molecule has 122 valence electrons. The zero-order chi connectivity index (χ0) is 16.8. The minimum Gasteiger partial charge on any atom is -0.481 e. The summed E-state index contributed by atoms with van der Waals surface area (Å²) in [6.07, 6.45) is 0.631. The molecule has 0 spiro atoms. The average molecular weight is 336 g/mol. The van der Waals surface area contributed by atoms with E-state index in [0.29, 0.717) is 11.3 Å².